The number of nitrogens with zero attached hydrogens (tertiary/aromatic N) is 2. The molecule has 1 N–H and O–H groups in total. The number of ether oxygens (including phenoxy) is 1. The molecule has 6 rings (SSSR count). The van der Waals surface area contributed by atoms with Gasteiger partial charge in [-0.1, -0.05) is 61.9 Å². The first-order valence-electron chi connectivity index (χ1n) is 13.8. The van der Waals surface area contributed by atoms with Crippen molar-refractivity contribution >= 4 is 11.0 Å². The van der Waals surface area contributed by atoms with E-state index in [9.17, 15) is 5.11 Å². The first-order valence-corrected chi connectivity index (χ1v) is 13.8. The highest BCUT2D eigenvalue weighted by atomic mass is 16.5. The molecule has 4 heteroatoms. The number of benzene rings is 3. The van der Waals surface area contributed by atoms with E-state index in [2.05, 4.69) is 60.4 Å². The maximum Gasteiger partial charge on any atom is 0.241 e. The average Bonchev–Trinajstić information content (AvgIpc) is 2.90. The van der Waals surface area contributed by atoms with Gasteiger partial charge in [-0.05, 0) is 98.7 Å². The molecule has 4 aromatic rings. The molecule has 0 saturated heterocycles. The van der Waals surface area contributed by atoms with E-state index in [-0.39, 0.29) is 5.41 Å². The van der Waals surface area contributed by atoms with Gasteiger partial charge in [0.2, 0.25) is 5.88 Å². The third-order valence-electron chi connectivity index (χ3n) is 8.81. The van der Waals surface area contributed by atoms with Gasteiger partial charge in [-0.3, -0.25) is 0 Å². The average molecular weight is 493 g/mol. The molecule has 1 fully saturated rings. The summed E-state index contributed by atoms with van der Waals surface area (Å²) in [5.74, 6) is 1.86. The highest BCUT2D eigenvalue weighted by Gasteiger charge is 2.51. The van der Waals surface area contributed by atoms with E-state index in [4.69, 9.17) is 9.72 Å². The van der Waals surface area contributed by atoms with Gasteiger partial charge >= 0.3 is 0 Å². The van der Waals surface area contributed by atoms with Crippen molar-refractivity contribution in [1.82, 2.24) is 9.97 Å². The summed E-state index contributed by atoms with van der Waals surface area (Å²) < 4.78 is 6.32. The molecule has 37 heavy (non-hydrogen) atoms. The number of aryl methyl sites for hydroxylation is 2. The number of para-hydroxylation sites is 2. The molecule has 1 saturated carbocycles. The third-order valence-corrected chi connectivity index (χ3v) is 8.81. The lowest BCUT2D eigenvalue weighted by atomic mass is 9.52. The summed E-state index contributed by atoms with van der Waals surface area (Å²) in [4.78, 5) is 9.43. The van der Waals surface area contributed by atoms with Crippen LogP contribution in [0.25, 0.3) is 11.0 Å². The van der Waals surface area contributed by atoms with Gasteiger partial charge in [-0.25, -0.2) is 9.97 Å². The number of hydrogen-bond donors (Lipinski definition) is 1. The second kappa shape index (κ2) is 9.57. The molecule has 190 valence electrons. The second-order valence-corrected chi connectivity index (χ2v) is 11.3. The van der Waals surface area contributed by atoms with Crippen LogP contribution in [0.3, 0.4) is 0 Å². The highest BCUT2D eigenvalue weighted by molar-refractivity contribution is 5.74. The Morgan fingerprint density at radius 2 is 1.70 bits per heavy atom. The summed E-state index contributed by atoms with van der Waals surface area (Å²) in [5, 5.41) is 11.4. The molecule has 0 aliphatic heterocycles. The van der Waals surface area contributed by atoms with Crippen molar-refractivity contribution in [2.45, 2.75) is 76.2 Å². The van der Waals surface area contributed by atoms with Crippen LogP contribution < -0.4 is 4.74 Å². The minimum Gasteiger partial charge on any atom is -0.437 e. The molecular formula is C33H36N2O2. The molecule has 0 radical (unpaired) electrons. The Labute approximate surface area is 219 Å². The summed E-state index contributed by atoms with van der Waals surface area (Å²) in [7, 11) is 0. The van der Waals surface area contributed by atoms with Gasteiger partial charge in [0.25, 0.3) is 0 Å². The van der Waals surface area contributed by atoms with Crippen LogP contribution in [0.15, 0.2) is 72.8 Å². The summed E-state index contributed by atoms with van der Waals surface area (Å²) in [6.07, 6.45) is 7.85. The summed E-state index contributed by atoms with van der Waals surface area (Å²) in [6, 6.07) is 25.4. The van der Waals surface area contributed by atoms with E-state index >= 15 is 0 Å². The highest BCUT2D eigenvalue weighted by Crippen LogP contribution is 2.55. The molecule has 3 aromatic carbocycles. The molecule has 3 atom stereocenters. The third kappa shape index (κ3) is 4.53. The standard InChI is InChI=1S/C33H36N2O2/c1-3-17-32(36)18-19-33(21-24-9-5-4-6-10-24)26(22-32)14-13-25-20-27(15-16-28(25)33)37-31-23(2)34-29-11-7-8-12-30(29)35-31/h4-12,15-16,20,26,36H,3,13-14,17-19,21-22H2,1-2H3/t26-,32-,33+/m1/s1. The van der Waals surface area contributed by atoms with Crippen molar-refractivity contribution in [2.75, 3.05) is 0 Å². The molecule has 2 aliphatic carbocycles. The van der Waals surface area contributed by atoms with Crippen LogP contribution in [0, 0.1) is 12.8 Å². The van der Waals surface area contributed by atoms with Gasteiger partial charge in [-0.15, -0.1) is 0 Å². The number of hydrogen-bond acceptors (Lipinski definition) is 4. The van der Waals surface area contributed by atoms with Crippen LogP contribution >= 0.6 is 0 Å². The Kier molecular flexibility index (Phi) is 6.24. The first-order chi connectivity index (χ1) is 18.0. The first kappa shape index (κ1) is 24.1. The second-order valence-electron chi connectivity index (χ2n) is 11.3. The van der Waals surface area contributed by atoms with Crippen LogP contribution in [0.5, 0.6) is 11.6 Å². The maximum atomic E-state index is 11.4. The van der Waals surface area contributed by atoms with E-state index in [1.165, 1.54) is 16.7 Å². The fraction of sp³-hybridized carbons (Fsp3) is 0.394. The Bertz CT molecular complexity index is 1420. The lowest BCUT2D eigenvalue weighted by molar-refractivity contribution is -0.0565. The topological polar surface area (TPSA) is 55.2 Å². The van der Waals surface area contributed by atoms with Crippen molar-refractivity contribution < 1.29 is 9.84 Å². The van der Waals surface area contributed by atoms with Crippen LogP contribution in [0.4, 0.5) is 0 Å². The van der Waals surface area contributed by atoms with Gasteiger partial charge in [0.05, 0.1) is 16.6 Å². The minimum atomic E-state index is -0.521. The van der Waals surface area contributed by atoms with Gasteiger partial charge in [0, 0.05) is 5.41 Å². The number of aliphatic hydroxyl groups is 1. The molecular weight excluding hydrogens is 456 g/mol. The quantitative estimate of drug-likeness (QED) is 0.303. The molecule has 0 bridgehead atoms. The molecule has 0 unspecified atom stereocenters. The van der Waals surface area contributed by atoms with E-state index in [1.807, 2.05) is 31.2 Å². The van der Waals surface area contributed by atoms with Gasteiger partial charge in [-0.2, -0.15) is 0 Å². The lowest BCUT2D eigenvalue weighted by Crippen LogP contribution is -2.51. The maximum absolute atomic E-state index is 11.4. The Morgan fingerprint density at radius 1 is 0.946 bits per heavy atom. The van der Waals surface area contributed by atoms with Gasteiger partial charge in [0.15, 0.2) is 0 Å². The smallest absolute Gasteiger partial charge is 0.241 e. The zero-order valence-electron chi connectivity index (χ0n) is 21.9. The van der Waals surface area contributed by atoms with Crippen LogP contribution in [-0.4, -0.2) is 20.7 Å². The molecule has 0 amide bonds. The fourth-order valence-electron chi connectivity index (χ4n) is 7.07. The Hall–Kier alpha value is -3.24. The van der Waals surface area contributed by atoms with Crippen molar-refractivity contribution in [3.05, 3.63) is 95.2 Å². The lowest BCUT2D eigenvalue weighted by Gasteiger charge is -2.53. The van der Waals surface area contributed by atoms with Gasteiger partial charge < -0.3 is 9.84 Å². The normalized spacial score (nSPS) is 24.9. The van der Waals surface area contributed by atoms with Crippen molar-refractivity contribution in [3.63, 3.8) is 0 Å². The summed E-state index contributed by atoms with van der Waals surface area (Å²) >= 11 is 0. The van der Waals surface area contributed by atoms with E-state index in [0.717, 1.165) is 73.8 Å². The molecule has 1 heterocycles. The van der Waals surface area contributed by atoms with Crippen LogP contribution in [-0.2, 0) is 18.3 Å². The zero-order chi connectivity index (χ0) is 25.5. The molecule has 2 aliphatic rings. The summed E-state index contributed by atoms with van der Waals surface area (Å²) in [6.45, 7) is 4.13. The van der Waals surface area contributed by atoms with Crippen molar-refractivity contribution in [1.29, 1.82) is 0 Å². The predicted octanol–water partition coefficient (Wildman–Crippen LogP) is 7.49. The SMILES string of the molecule is CCC[C@@]1(O)CC[C@@]2(Cc3ccccc3)c3ccc(Oc4nc5ccccc5nc4C)cc3CC[C@@H]2C1. The van der Waals surface area contributed by atoms with Crippen LogP contribution in [0.2, 0.25) is 0 Å². The Balaban J connectivity index is 1.35. The largest absolute Gasteiger partial charge is 0.437 e. The van der Waals surface area contributed by atoms with E-state index in [1.54, 1.807) is 0 Å². The number of fused-ring (bicyclic) bond motifs is 4. The van der Waals surface area contributed by atoms with E-state index in [0.29, 0.717) is 11.8 Å². The summed E-state index contributed by atoms with van der Waals surface area (Å²) in [5.41, 5.74) is 6.23. The molecule has 1 aromatic heterocycles. The monoisotopic (exact) mass is 492 g/mol. The fourth-order valence-corrected chi connectivity index (χ4v) is 7.07. The van der Waals surface area contributed by atoms with Crippen LogP contribution in [0.1, 0.15) is 67.8 Å². The van der Waals surface area contributed by atoms with Crippen molar-refractivity contribution in [2.24, 2.45) is 5.92 Å². The molecule has 4 nitrogen and oxygen atoms in total. The zero-order valence-corrected chi connectivity index (χ0v) is 21.9. The number of rotatable bonds is 6. The van der Waals surface area contributed by atoms with Gasteiger partial charge in [0.1, 0.15) is 11.4 Å². The predicted molar refractivity (Wildman–Crippen MR) is 148 cm³/mol. The van der Waals surface area contributed by atoms with Crippen molar-refractivity contribution in [3.8, 4) is 11.6 Å². The number of aromatic nitrogens is 2. The minimum absolute atomic E-state index is 0.0477. The van der Waals surface area contributed by atoms with E-state index < -0.39 is 5.60 Å². The Morgan fingerprint density at radius 3 is 2.49 bits per heavy atom. The molecule has 0 spiro atoms.